The summed E-state index contributed by atoms with van der Waals surface area (Å²) < 4.78 is 0. The van der Waals surface area contributed by atoms with Crippen LogP contribution in [0.15, 0.2) is 24.3 Å². The highest BCUT2D eigenvalue weighted by atomic mass is 79.9. The summed E-state index contributed by atoms with van der Waals surface area (Å²) in [7, 11) is 0. The Morgan fingerprint density at radius 3 is 2.79 bits per heavy atom. The lowest BCUT2D eigenvalue weighted by molar-refractivity contribution is -0.133. The number of benzene rings is 1. The van der Waals surface area contributed by atoms with Gasteiger partial charge in [0.25, 0.3) is 0 Å². The highest BCUT2D eigenvalue weighted by molar-refractivity contribution is 9.10. The van der Waals surface area contributed by atoms with E-state index in [1.54, 1.807) is 11.3 Å². The number of rotatable bonds is 5. The first kappa shape index (κ1) is 19.9. The summed E-state index contributed by atoms with van der Waals surface area (Å²) in [5.41, 5.74) is 3.44. The number of carbonyl (C=O) groups excluding carboxylic acids is 2. The molecule has 0 saturated heterocycles. The lowest BCUT2D eigenvalue weighted by Crippen LogP contribution is -2.36. The van der Waals surface area contributed by atoms with Gasteiger partial charge < -0.3 is 10.2 Å². The molecule has 4 rings (SSSR count). The predicted molar refractivity (Wildman–Crippen MR) is 117 cm³/mol. The van der Waals surface area contributed by atoms with E-state index in [-0.39, 0.29) is 22.6 Å². The number of halogens is 2. The SMILES string of the molecule is CC(Br)C(=O)Nc1sc2c(c1Cc1ccccc1Cl)CCN(C(=O)C1CC1)C2. The fourth-order valence-corrected chi connectivity index (χ4v) is 5.18. The lowest BCUT2D eigenvalue weighted by atomic mass is 9.97. The first-order chi connectivity index (χ1) is 13.4. The maximum atomic E-state index is 12.5. The molecule has 28 heavy (non-hydrogen) atoms. The number of nitrogens with one attached hydrogen (secondary N) is 1. The van der Waals surface area contributed by atoms with Crippen molar-refractivity contribution in [3.8, 4) is 0 Å². The van der Waals surface area contributed by atoms with Crippen LogP contribution in [0.4, 0.5) is 5.00 Å². The highest BCUT2D eigenvalue weighted by Crippen LogP contribution is 2.41. The van der Waals surface area contributed by atoms with Gasteiger partial charge in [-0.2, -0.15) is 0 Å². The third-order valence-electron chi connectivity index (χ3n) is 5.33. The van der Waals surface area contributed by atoms with Crippen LogP contribution in [-0.4, -0.2) is 28.1 Å². The van der Waals surface area contributed by atoms with Gasteiger partial charge in [0, 0.05) is 28.8 Å². The molecule has 1 atom stereocenters. The van der Waals surface area contributed by atoms with Crippen LogP contribution in [-0.2, 0) is 29.0 Å². The van der Waals surface area contributed by atoms with Crippen LogP contribution in [0.1, 0.15) is 41.3 Å². The second-order valence-electron chi connectivity index (χ2n) is 7.47. The molecular weight excluding hydrogens is 460 g/mol. The van der Waals surface area contributed by atoms with E-state index in [4.69, 9.17) is 11.6 Å². The second-order valence-corrected chi connectivity index (χ2v) is 10.4. The Kier molecular flexibility index (Phi) is 5.81. The summed E-state index contributed by atoms with van der Waals surface area (Å²) in [6, 6.07) is 7.82. The van der Waals surface area contributed by atoms with Crippen molar-refractivity contribution in [3.63, 3.8) is 0 Å². The van der Waals surface area contributed by atoms with Crippen LogP contribution in [0.3, 0.4) is 0 Å². The molecule has 1 aromatic heterocycles. The lowest BCUT2D eigenvalue weighted by Gasteiger charge is -2.27. The average molecular weight is 482 g/mol. The second kappa shape index (κ2) is 8.17. The number of nitrogens with zero attached hydrogens (tertiary/aromatic N) is 1. The van der Waals surface area contributed by atoms with Gasteiger partial charge in [-0.1, -0.05) is 45.7 Å². The number of anilines is 1. The molecule has 1 fully saturated rings. The zero-order chi connectivity index (χ0) is 19.8. The number of thiophene rings is 1. The van der Waals surface area contributed by atoms with E-state index in [2.05, 4.69) is 21.2 Å². The monoisotopic (exact) mass is 480 g/mol. The Hall–Kier alpha value is -1.37. The number of fused-ring (bicyclic) bond motifs is 1. The van der Waals surface area contributed by atoms with Crippen molar-refractivity contribution in [2.75, 3.05) is 11.9 Å². The van der Waals surface area contributed by atoms with Crippen molar-refractivity contribution < 1.29 is 9.59 Å². The van der Waals surface area contributed by atoms with Gasteiger partial charge in [0.2, 0.25) is 11.8 Å². The molecule has 4 nitrogen and oxygen atoms in total. The van der Waals surface area contributed by atoms with E-state index in [0.717, 1.165) is 47.0 Å². The number of alkyl halides is 1. The van der Waals surface area contributed by atoms with Crippen LogP contribution < -0.4 is 5.32 Å². The van der Waals surface area contributed by atoms with Gasteiger partial charge in [-0.3, -0.25) is 9.59 Å². The highest BCUT2D eigenvalue weighted by Gasteiger charge is 2.36. The van der Waals surface area contributed by atoms with Crippen molar-refractivity contribution in [2.24, 2.45) is 5.92 Å². The molecule has 2 amide bonds. The number of amides is 2. The minimum Gasteiger partial charge on any atom is -0.337 e. The Morgan fingerprint density at radius 1 is 1.36 bits per heavy atom. The molecule has 1 saturated carbocycles. The van der Waals surface area contributed by atoms with Crippen molar-refractivity contribution in [1.29, 1.82) is 0 Å². The third kappa shape index (κ3) is 4.14. The number of hydrogen-bond donors (Lipinski definition) is 1. The molecular formula is C21H22BrClN2O2S. The largest absolute Gasteiger partial charge is 0.337 e. The fraction of sp³-hybridized carbons (Fsp3) is 0.429. The van der Waals surface area contributed by atoms with E-state index < -0.39 is 0 Å². The molecule has 1 aliphatic carbocycles. The van der Waals surface area contributed by atoms with E-state index in [9.17, 15) is 9.59 Å². The fourth-order valence-electron chi connectivity index (χ4n) is 3.58. The summed E-state index contributed by atoms with van der Waals surface area (Å²) in [6.45, 7) is 3.20. The van der Waals surface area contributed by atoms with Crippen LogP contribution in [0.25, 0.3) is 0 Å². The molecule has 148 valence electrons. The molecule has 7 heteroatoms. The number of carbonyl (C=O) groups is 2. The van der Waals surface area contributed by atoms with Crippen LogP contribution in [0, 0.1) is 5.92 Å². The molecule has 1 unspecified atom stereocenters. The zero-order valence-electron chi connectivity index (χ0n) is 15.6. The number of hydrogen-bond acceptors (Lipinski definition) is 3. The summed E-state index contributed by atoms with van der Waals surface area (Å²) in [5, 5.41) is 4.68. The summed E-state index contributed by atoms with van der Waals surface area (Å²) in [5.74, 6) is 0.453. The van der Waals surface area contributed by atoms with Crippen molar-refractivity contribution in [1.82, 2.24) is 4.90 Å². The molecule has 2 aromatic rings. The van der Waals surface area contributed by atoms with Crippen molar-refractivity contribution in [3.05, 3.63) is 50.9 Å². The average Bonchev–Trinajstić information content (AvgIpc) is 3.47. The Balaban J connectivity index is 1.66. The summed E-state index contributed by atoms with van der Waals surface area (Å²) in [4.78, 5) is 27.7. The van der Waals surface area contributed by atoms with E-state index >= 15 is 0 Å². The van der Waals surface area contributed by atoms with Gasteiger partial charge in [0.1, 0.15) is 0 Å². The molecule has 1 aliphatic heterocycles. The van der Waals surface area contributed by atoms with Gasteiger partial charge in [0.15, 0.2) is 0 Å². The van der Waals surface area contributed by atoms with Crippen LogP contribution in [0.2, 0.25) is 5.02 Å². The van der Waals surface area contributed by atoms with Gasteiger partial charge in [0.05, 0.1) is 16.4 Å². The van der Waals surface area contributed by atoms with Crippen LogP contribution in [0.5, 0.6) is 0 Å². The molecule has 1 aromatic carbocycles. The molecule has 0 bridgehead atoms. The topological polar surface area (TPSA) is 49.4 Å². The summed E-state index contributed by atoms with van der Waals surface area (Å²) in [6.07, 6.45) is 3.54. The van der Waals surface area contributed by atoms with Gasteiger partial charge in [-0.05, 0) is 48.9 Å². The van der Waals surface area contributed by atoms with E-state index in [1.165, 1.54) is 10.4 Å². The maximum Gasteiger partial charge on any atom is 0.238 e. The molecule has 0 spiro atoms. The molecule has 2 aliphatic rings. The van der Waals surface area contributed by atoms with Crippen LogP contribution >= 0.6 is 38.9 Å². The third-order valence-corrected chi connectivity index (χ3v) is 7.29. The molecule has 2 heterocycles. The minimum atomic E-state index is -0.271. The van der Waals surface area contributed by atoms with Crippen molar-refractivity contribution >= 4 is 55.7 Å². The Bertz CT molecular complexity index is 923. The quantitative estimate of drug-likeness (QED) is 0.610. The maximum absolute atomic E-state index is 12.5. The summed E-state index contributed by atoms with van der Waals surface area (Å²) >= 11 is 11.3. The first-order valence-electron chi connectivity index (χ1n) is 9.54. The minimum absolute atomic E-state index is 0.0649. The van der Waals surface area contributed by atoms with Crippen molar-refractivity contribution in [2.45, 2.75) is 44.0 Å². The normalized spacial score (nSPS) is 17.2. The molecule has 1 N–H and O–H groups in total. The Morgan fingerprint density at radius 2 is 2.11 bits per heavy atom. The van der Waals surface area contributed by atoms with E-state index in [1.807, 2.05) is 36.1 Å². The van der Waals surface area contributed by atoms with Gasteiger partial charge in [-0.15, -0.1) is 11.3 Å². The van der Waals surface area contributed by atoms with E-state index in [0.29, 0.717) is 13.0 Å². The molecule has 0 radical (unpaired) electrons. The Labute approximate surface area is 182 Å². The first-order valence-corrected chi connectivity index (χ1v) is 11.7. The predicted octanol–water partition coefficient (Wildman–Crippen LogP) is 5.01. The van der Waals surface area contributed by atoms with Gasteiger partial charge in [-0.25, -0.2) is 0 Å². The zero-order valence-corrected chi connectivity index (χ0v) is 18.8. The smallest absolute Gasteiger partial charge is 0.238 e. The van der Waals surface area contributed by atoms with Gasteiger partial charge >= 0.3 is 0 Å². The standard InChI is InChI=1S/C21H22BrClN2O2S/c1-12(22)19(26)24-20-16(10-14-4-2-3-5-17(14)23)15-8-9-25(11-18(15)28-20)21(27)13-6-7-13/h2-5,12-13H,6-11H2,1H3,(H,24,26).